The first-order valence-corrected chi connectivity index (χ1v) is 7.48. The standard InChI is InChI=1S/C12H25NOS/c1-10(6-8-15-3)13-11(2)9-12-5-4-7-14-12/h10-13H,4-9H2,1-3H3. The minimum absolute atomic E-state index is 0.514. The average Bonchev–Trinajstić information content (AvgIpc) is 2.67. The molecule has 0 aromatic carbocycles. The Morgan fingerprint density at radius 1 is 1.40 bits per heavy atom. The van der Waals surface area contributed by atoms with Crippen molar-refractivity contribution in [2.24, 2.45) is 0 Å². The average molecular weight is 231 g/mol. The second kappa shape index (κ2) is 7.53. The van der Waals surface area contributed by atoms with Crippen molar-refractivity contribution in [3.8, 4) is 0 Å². The predicted molar refractivity (Wildman–Crippen MR) is 68.6 cm³/mol. The highest BCUT2D eigenvalue weighted by Crippen LogP contribution is 2.17. The quantitative estimate of drug-likeness (QED) is 0.728. The Bertz CT molecular complexity index is 160. The molecule has 3 atom stereocenters. The third-order valence-corrected chi connectivity index (χ3v) is 3.61. The lowest BCUT2D eigenvalue weighted by Crippen LogP contribution is -2.37. The van der Waals surface area contributed by atoms with Gasteiger partial charge < -0.3 is 10.1 Å². The molecule has 1 rings (SSSR count). The molecule has 0 aliphatic carbocycles. The first-order valence-electron chi connectivity index (χ1n) is 6.09. The molecule has 0 spiro atoms. The molecule has 1 saturated heterocycles. The highest BCUT2D eigenvalue weighted by atomic mass is 32.2. The van der Waals surface area contributed by atoms with Gasteiger partial charge in [-0.05, 0) is 51.5 Å². The number of nitrogens with one attached hydrogen (secondary N) is 1. The fraction of sp³-hybridized carbons (Fsp3) is 1.00. The summed E-state index contributed by atoms with van der Waals surface area (Å²) in [4.78, 5) is 0. The number of ether oxygens (including phenoxy) is 1. The second-order valence-corrected chi connectivity index (χ2v) is 5.61. The molecule has 1 aliphatic heterocycles. The molecule has 0 aromatic rings. The minimum atomic E-state index is 0.514. The SMILES string of the molecule is CSCCC(C)NC(C)CC1CCCO1. The van der Waals surface area contributed by atoms with Crippen LogP contribution in [-0.4, -0.2) is 36.8 Å². The predicted octanol–water partition coefficient (Wildman–Crippen LogP) is 2.68. The molecule has 90 valence electrons. The van der Waals surface area contributed by atoms with E-state index < -0.39 is 0 Å². The van der Waals surface area contributed by atoms with Gasteiger partial charge in [0, 0.05) is 18.7 Å². The molecule has 0 amide bonds. The minimum Gasteiger partial charge on any atom is -0.378 e. The molecule has 0 bridgehead atoms. The van der Waals surface area contributed by atoms with Crippen LogP contribution in [0.25, 0.3) is 0 Å². The zero-order valence-corrected chi connectivity index (χ0v) is 11.1. The lowest BCUT2D eigenvalue weighted by molar-refractivity contribution is 0.0952. The summed E-state index contributed by atoms with van der Waals surface area (Å²) in [6, 6.07) is 1.22. The summed E-state index contributed by atoms with van der Waals surface area (Å²) in [5.41, 5.74) is 0. The Labute approximate surface area is 98.5 Å². The second-order valence-electron chi connectivity index (χ2n) is 4.62. The molecule has 3 heteroatoms. The monoisotopic (exact) mass is 231 g/mol. The Hall–Kier alpha value is 0.270. The first kappa shape index (κ1) is 13.3. The zero-order chi connectivity index (χ0) is 11.1. The molecular weight excluding hydrogens is 206 g/mol. The van der Waals surface area contributed by atoms with Crippen molar-refractivity contribution >= 4 is 11.8 Å². The number of rotatable bonds is 7. The Morgan fingerprint density at radius 3 is 2.80 bits per heavy atom. The van der Waals surface area contributed by atoms with Crippen LogP contribution in [0, 0.1) is 0 Å². The summed E-state index contributed by atoms with van der Waals surface area (Å²) in [6.45, 7) is 5.53. The summed E-state index contributed by atoms with van der Waals surface area (Å²) in [5.74, 6) is 1.25. The van der Waals surface area contributed by atoms with Crippen LogP contribution in [0.1, 0.15) is 39.5 Å². The molecule has 0 aromatic heterocycles. The highest BCUT2D eigenvalue weighted by molar-refractivity contribution is 7.98. The third kappa shape index (κ3) is 5.79. The van der Waals surface area contributed by atoms with Gasteiger partial charge in [0.15, 0.2) is 0 Å². The zero-order valence-electron chi connectivity index (χ0n) is 10.3. The normalized spacial score (nSPS) is 25.4. The van der Waals surface area contributed by atoms with Crippen LogP contribution in [0.15, 0.2) is 0 Å². The highest BCUT2D eigenvalue weighted by Gasteiger charge is 2.18. The number of thioether (sulfide) groups is 1. The summed E-state index contributed by atoms with van der Waals surface area (Å²) in [5, 5.41) is 3.65. The largest absolute Gasteiger partial charge is 0.378 e. The van der Waals surface area contributed by atoms with Crippen LogP contribution in [0.4, 0.5) is 0 Å². The van der Waals surface area contributed by atoms with E-state index in [1.54, 1.807) is 0 Å². The maximum Gasteiger partial charge on any atom is 0.0590 e. The summed E-state index contributed by atoms with van der Waals surface area (Å²) in [7, 11) is 0. The van der Waals surface area contributed by atoms with Crippen molar-refractivity contribution in [1.82, 2.24) is 5.32 Å². The van der Waals surface area contributed by atoms with E-state index in [2.05, 4.69) is 25.4 Å². The van der Waals surface area contributed by atoms with Crippen molar-refractivity contribution in [2.45, 2.75) is 57.7 Å². The van der Waals surface area contributed by atoms with E-state index in [1.165, 1.54) is 31.4 Å². The van der Waals surface area contributed by atoms with E-state index in [9.17, 15) is 0 Å². The maximum atomic E-state index is 5.64. The van der Waals surface area contributed by atoms with Gasteiger partial charge in [-0.25, -0.2) is 0 Å². The van der Waals surface area contributed by atoms with Crippen LogP contribution in [-0.2, 0) is 4.74 Å². The Morgan fingerprint density at radius 2 is 2.20 bits per heavy atom. The Balaban J connectivity index is 2.08. The summed E-state index contributed by atoms with van der Waals surface area (Å²) < 4.78 is 5.64. The molecule has 1 aliphatic rings. The third-order valence-electron chi connectivity index (χ3n) is 2.96. The van der Waals surface area contributed by atoms with E-state index in [0.717, 1.165) is 6.61 Å². The van der Waals surface area contributed by atoms with Gasteiger partial charge in [0.25, 0.3) is 0 Å². The van der Waals surface area contributed by atoms with Crippen molar-refractivity contribution < 1.29 is 4.74 Å². The maximum absolute atomic E-state index is 5.64. The Kier molecular flexibility index (Phi) is 6.69. The van der Waals surface area contributed by atoms with Gasteiger partial charge in [0.05, 0.1) is 6.10 Å². The van der Waals surface area contributed by atoms with E-state index >= 15 is 0 Å². The smallest absolute Gasteiger partial charge is 0.0590 e. The molecule has 1 fully saturated rings. The van der Waals surface area contributed by atoms with Crippen LogP contribution in [0.2, 0.25) is 0 Å². The van der Waals surface area contributed by atoms with E-state index in [-0.39, 0.29) is 0 Å². The van der Waals surface area contributed by atoms with Crippen molar-refractivity contribution in [3.05, 3.63) is 0 Å². The van der Waals surface area contributed by atoms with Gasteiger partial charge in [0.2, 0.25) is 0 Å². The molecule has 0 radical (unpaired) electrons. The number of hydrogen-bond donors (Lipinski definition) is 1. The van der Waals surface area contributed by atoms with Gasteiger partial charge in [-0.2, -0.15) is 11.8 Å². The van der Waals surface area contributed by atoms with Gasteiger partial charge in [-0.3, -0.25) is 0 Å². The molecule has 2 nitrogen and oxygen atoms in total. The van der Waals surface area contributed by atoms with Crippen LogP contribution < -0.4 is 5.32 Å². The molecule has 1 heterocycles. The van der Waals surface area contributed by atoms with Crippen LogP contribution >= 0.6 is 11.8 Å². The van der Waals surface area contributed by atoms with Gasteiger partial charge >= 0.3 is 0 Å². The fourth-order valence-corrected chi connectivity index (χ4v) is 2.75. The van der Waals surface area contributed by atoms with Crippen LogP contribution in [0.5, 0.6) is 0 Å². The lowest BCUT2D eigenvalue weighted by atomic mass is 10.1. The van der Waals surface area contributed by atoms with Crippen molar-refractivity contribution in [3.63, 3.8) is 0 Å². The molecule has 15 heavy (non-hydrogen) atoms. The fourth-order valence-electron chi connectivity index (χ4n) is 2.16. The van der Waals surface area contributed by atoms with Gasteiger partial charge in [0.1, 0.15) is 0 Å². The van der Waals surface area contributed by atoms with E-state index in [1.807, 2.05) is 11.8 Å². The first-order chi connectivity index (χ1) is 7.22. The topological polar surface area (TPSA) is 21.3 Å². The lowest BCUT2D eigenvalue weighted by Gasteiger charge is -2.22. The molecule has 1 N–H and O–H groups in total. The molecular formula is C12H25NOS. The van der Waals surface area contributed by atoms with Crippen LogP contribution in [0.3, 0.4) is 0 Å². The van der Waals surface area contributed by atoms with Gasteiger partial charge in [-0.1, -0.05) is 0 Å². The summed E-state index contributed by atoms with van der Waals surface area (Å²) in [6.07, 6.45) is 7.62. The summed E-state index contributed by atoms with van der Waals surface area (Å²) >= 11 is 1.93. The van der Waals surface area contributed by atoms with Gasteiger partial charge in [-0.15, -0.1) is 0 Å². The van der Waals surface area contributed by atoms with E-state index in [0.29, 0.717) is 18.2 Å². The number of hydrogen-bond acceptors (Lipinski definition) is 3. The molecule has 3 unspecified atom stereocenters. The molecule has 0 saturated carbocycles. The van der Waals surface area contributed by atoms with Crippen molar-refractivity contribution in [1.29, 1.82) is 0 Å². The van der Waals surface area contributed by atoms with E-state index in [4.69, 9.17) is 4.74 Å². The van der Waals surface area contributed by atoms with Crippen molar-refractivity contribution in [2.75, 3.05) is 18.6 Å².